The van der Waals surface area contributed by atoms with Crippen LogP contribution >= 0.6 is 0 Å². The Labute approximate surface area is 176 Å². The van der Waals surface area contributed by atoms with E-state index in [9.17, 15) is 4.79 Å². The molecule has 0 aliphatic carbocycles. The molecule has 0 spiro atoms. The molecule has 0 saturated heterocycles. The number of rotatable bonds is 6. The monoisotopic (exact) mass is 394 g/mol. The van der Waals surface area contributed by atoms with Gasteiger partial charge in [-0.3, -0.25) is 0 Å². The first-order chi connectivity index (χ1) is 14.7. The van der Waals surface area contributed by atoms with Gasteiger partial charge >= 0.3 is 5.97 Å². The fourth-order valence-electron chi connectivity index (χ4n) is 3.75. The van der Waals surface area contributed by atoms with Gasteiger partial charge in [0.25, 0.3) is 0 Å². The summed E-state index contributed by atoms with van der Waals surface area (Å²) in [5.41, 5.74) is 1.44. The van der Waals surface area contributed by atoms with Gasteiger partial charge < -0.3 is 9.47 Å². The highest BCUT2D eigenvalue weighted by Gasteiger charge is 2.45. The summed E-state index contributed by atoms with van der Waals surface area (Å²) in [6.07, 6.45) is 0. The van der Waals surface area contributed by atoms with Crippen molar-refractivity contribution in [3.05, 3.63) is 132 Å². The molecule has 0 unspecified atom stereocenters. The van der Waals surface area contributed by atoms with Gasteiger partial charge in [0.15, 0.2) is 0 Å². The smallest absolute Gasteiger partial charge is 0.331 e. The maximum Gasteiger partial charge on any atom is 0.331 e. The highest BCUT2D eigenvalue weighted by Crippen LogP contribution is 2.40. The highest BCUT2D eigenvalue weighted by atomic mass is 16.5. The zero-order chi connectivity index (χ0) is 20.8. The Morgan fingerprint density at radius 1 is 0.567 bits per heavy atom. The van der Waals surface area contributed by atoms with Gasteiger partial charge in [0, 0.05) is 0 Å². The highest BCUT2D eigenvalue weighted by molar-refractivity contribution is 5.93. The summed E-state index contributed by atoms with van der Waals surface area (Å²) in [5, 5.41) is 0. The SMILES string of the molecule is COc1ccc(OC(=O)C(c2ccccc2)(c2ccccc2)c2ccccc2)cc1. The van der Waals surface area contributed by atoms with E-state index in [-0.39, 0.29) is 5.97 Å². The van der Waals surface area contributed by atoms with Gasteiger partial charge in [-0.25, -0.2) is 4.79 Å². The standard InChI is InChI=1S/C27H22O3/c1-29-24-17-19-25(20-18-24)30-26(28)27(21-11-5-2-6-12-21,22-13-7-3-8-14-22)23-15-9-4-10-16-23/h2-20H,1H3. The van der Waals surface area contributed by atoms with Crippen LogP contribution in [-0.2, 0) is 10.2 Å². The summed E-state index contributed by atoms with van der Waals surface area (Å²) in [7, 11) is 1.60. The van der Waals surface area contributed by atoms with Crippen molar-refractivity contribution >= 4 is 5.97 Å². The van der Waals surface area contributed by atoms with Crippen LogP contribution in [0.15, 0.2) is 115 Å². The zero-order valence-corrected chi connectivity index (χ0v) is 16.7. The molecule has 148 valence electrons. The van der Waals surface area contributed by atoms with Crippen LogP contribution < -0.4 is 9.47 Å². The van der Waals surface area contributed by atoms with E-state index in [2.05, 4.69) is 0 Å². The van der Waals surface area contributed by atoms with Gasteiger partial charge in [0.2, 0.25) is 0 Å². The number of ether oxygens (including phenoxy) is 2. The molecule has 4 rings (SSSR count). The van der Waals surface area contributed by atoms with Crippen LogP contribution in [0, 0.1) is 0 Å². The van der Waals surface area contributed by atoms with Crippen molar-refractivity contribution in [3.63, 3.8) is 0 Å². The molecule has 0 atom stereocenters. The van der Waals surface area contributed by atoms with Gasteiger partial charge in [-0.2, -0.15) is 0 Å². The van der Waals surface area contributed by atoms with E-state index in [0.717, 1.165) is 16.7 Å². The second-order valence-corrected chi connectivity index (χ2v) is 6.91. The Hall–Kier alpha value is -3.85. The van der Waals surface area contributed by atoms with Gasteiger partial charge in [-0.15, -0.1) is 0 Å². The molecule has 0 aliphatic rings. The quantitative estimate of drug-likeness (QED) is 0.241. The molecule has 0 aliphatic heterocycles. The fourth-order valence-corrected chi connectivity index (χ4v) is 3.75. The lowest BCUT2D eigenvalue weighted by atomic mass is 9.69. The van der Waals surface area contributed by atoms with Crippen LogP contribution in [0.25, 0.3) is 0 Å². The number of carbonyl (C=O) groups is 1. The number of benzene rings is 4. The average molecular weight is 394 g/mol. The molecule has 3 nitrogen and oxygen atoms in total. The van der Waals surface area contributed by atoms with Crippen LogP contribution in [0.3, 0.4) is 0 Å². The Kier molecular flexibility index (Phi) is 5.62. The summed E-state index contributed by atoms with van der Waals surface area (Å²) >= 11 is 0. The molecule has 0 amide bonds. The van der Waals surface area contributed by atoms with Crippen molar-refractivity contribution in [2.45, 2.75) is 5.41 Å². The average Bonchev–Trinajstić information content (AvgIpc) is 2.82. The summed E-state index contributed by atoms with van der Waals surface area (Å²) in [5.74, 6) is 0.805. The molecule has 0 saturated carbocycles. The molecule has 30 heavy (non-hydrogen) atoms. The predicted octanol–water partition coefficient (Wildman–Crippen LogP) is 5.64. The topological polar surface area (TPSA) is 35.5 Å². The maximum atomic E-state index is 13.9. The third-order valence-corrected chi connectivity index (χ3v) is 5.20. The Morgan fingerprint density at radius 3 is 1.30 bits per heavy atom. The minimum absolute atomic E-state index is 0.365. The van der Waals surface area contributed by atoms with Gasteiger partial charge in [0.1, 0.15) is 16.9 Å². The number of hydrogen-bond acceptors (Lipinski definition) is 3. The summed E-state index contributed by atoms with van der Waals surface area (Å²) < 4.78 is 11.2. The van der Waals surface area contributed by atoms with E-state index in [1.165, 1.54) is 0 Å². The molecule has 0 N–H and O–H groups in total. The first-order valence-electron chi connectivity index (χ1n) is 9.78. The fraction of sp³-hybridized carbons (Fsp3) is 0.0741. The lowest BCUT2D eigenvalue weighted by Crippen LogP contribution is -2.41. The van der Waals surface area contributed by atoms with E-state index < -0.39 is 5.41 Å². The lowest BCUT2D eigenvalue weighted by molar-refractivity contribution is -0.138. The molecule has 4 aromatic rings. The lowest BCUT2D eigenvalue weighted by Gasteiger charge is -2.33. The number of methoxy groups -OCH3 is 1. The van der Waals surface area contributed by atoms with E-state index in [1.54, 1.807) is 31.4 Å². The zero-order valence-electron chi connectivity index (χ0n) is 16.7. The molecule has 4 aromatic carbocycles. The largest absolute Gasteiger partial charge is 0.497 e. The summed E-state index contributed by atoms with van der Waals surface area (Å²) in [6, 6.07) is 36.3. The molecule has 0 aromatic heterocycles. The van der Waals surface area contributed by atoms with Gasteiger partial charge in [0.05, 0.1) is 7.11 Å². The number of hydrogen-bond donors (Lipinski definition) is 0. The molecule has 0 fully saturated rings. The second kappa shape index (κ2) is 8.66. The Morgan fingerprint density at radius 2 is 0.933 bits per heavy atom. The van der Waals surface area contributed by atoms with Crippen LogP contribution in [0.5, 0.6) is 11.5 Å². The number of esters is 1. The van der Waals surface area contributed by atoms with E-state index in [0.29, 0.717) is 11.5 Å². The Balaban J connectivity index is 1.91. The van der Waals surface area contributed by atoms with Crippen LogP contribution in [0.1, 0.15) is 16.7 Å². The van der Waals surface area contributed by atoms with E-state index >= 15 is 0 Å². The van der Waals surface area contributed by atoms with E-state index in [1.807, 2.05) is 91.0 Å². The Bertz CT molecular complexity index is 993. The number of carbonyl (C=O) groups excluding carboxylic acids is 1. The van der Waals surface area contributed by atoms with Crippen LogP contribution in [0.4, 0.5) is 0 Å². The third-order valence-electron chi connectivity index (χ3n) is 5.20. The molecule has 0 heterocycles. The molecule has 3 heteroatoms. The van der Waals surface area contributed by atoms with Crippen molar-refractivity contribution in [1.29, 1.82) is 0 Å². The minimum Gasteiger partial charge on any atom is -0.497 e. The summed E-state index contributed by atoms with van der Waals surface area (Å²) in [4.78, 5) is 13.9. The van der Waals surface area contributed by atoms with Crippen molar-refractivity contribution in [2.24, 2.45) is 0 Å². The van der Waals surface area contributed by atoms with Gasteiger partial charge in [-0.1, -0.05) is 91.0 Å². The minimum atomic E-state index is -1.11. The van der Waals surface area contributed by atoms with Crippen molar-refractivity contribution < 1.29 is 14.3 Å². The van der Waals surface area contributed by atoms with Gasteiger partial charge in [-0.05, 0) is 41.0 Å². The first-order valence-corrected chi connectivity index (χ1v) is 9.78. The van der Waals surface area contributed by atoms with Crippen LogP contribution in [0.2, 0.25) is 0 Å². The van der Waals surface area contributed by atoms with Crippen molar-refractivity contribution in [1.82, 2.24) is 0 Å². The van der Waals surface area contributed by atoms with Crippen molar-refractivity contribution in [3.8, 4) is 11.5 Å². The molecule has 0 radical (unpaired) electrons. The van der Waals surface area contributed by atoms with Crippen LogP contribution in [-0.4, -0.2) is 13.1 Å². The normalized spacial score (nSPS) is 11.0. The molecule has 0 bridgehead atoms. The summed E-state index contributed by atoms with van der Waals surface area (Å²) in [6.45, 7) is 0. The molecular weight excluding hydrogens is 372 g/mol. The predicted molar refractivity (Wildman–Crippen MR) is 118 cm³/mol. The molecular formula is C27H22O3. The maximum absolute atomic E-state index is 13.9. The van der Waals surface area contributed by atoms with E-state index in [4.69, 9.17) is 9.47 Å². The van der Waals surface area contributed by atoms with Crippen molar-refractivity contribution in [2.75, 3.05) is 7.11 Å². The first kappa shape index (κ1) is 19.5. The third kappa shape index (κ3) is 3.58. The second-order valence-electron chi connectivity index (χ2n) is 6.91.